The summed E-state index contributed by atoms with van der Waals surface area (Å²) >= 11 is 0. The average Bonchev–Trinajstić information content (AvgIpc) is 3.12. The number of rotatable bonds is 5. The van der Waals surface area contributed by atoms with Gasteiger partial charge in [-0.25, -0.2) is 0 Å². The number of H-pyrrole nitrogens is 1. The third-order valence-corrected chi connectivity index (χ3v) is 5.19. The van der Waals surface area contributed by atoms with Gasteiger partial charge in [-0.15, -0.1) is 0 Å². The lowest BCUT2D eigenvalue weighted by atomic mass is 10.1. The van der Waals surface area contributed by atoms with E-state index in [2.05, 4.69) is 14.9 Å². The molecule has 1 aromatic carbocycles. The maximum absolute atomic E-state index is 12.0. The van der Waals surface area contributed by atoms with Crippen LogP contribution in [0.5, 0.6) is 5.75 Å². The lowest BCUT2D eigenvalue weighted by Crippen LogP contribution is -2.30. The molecule has 0 amide bonds. The van der Waals surface area contributed by atoms with Crippen LogP contribution in [0.4, 0.5) is 5.69 Å². The van der Waals surface area contributed by atoms with E-state index in [-0.39, 0.29) is 18.0 Å². The molecule has 2 aromatic rings. The minimum absolute atomic E-state index is 0.0348. The van der Waals surface area contributed by atoms with Crippen molar-refractivity contribution in [3.8, 4) is 5.75 Å². The Morgan fingerprint density at radius 1 is 1.35 bits per heavy atom. The van der Waals surface area contributed by atoms with Gasteiger partial charge < -0.3 is 9.90 Å². The van der Waals surface area contributed by atoms with Crippen LogP contribution in [0.2, 0.25) is 0 Å². The first kappa shape index (κ1) is 15.5. The number of benzene rings is 1. The molecule has 0 spiro atoms. The van der Waals surface area contributed by atoms with Crippen LogP contribution in [-0.4, -0.2) is 42.6 Å². The second kappa shape index (κ2) is 6.01. The molecule has 9 heteroatoms. The number of hydrogen-bond acceptors (Lipinski definition) is 5. The number of aromatic hydroxyl groups is 1. The maximum Gasteiger partial charge on any atom is 0.302 e. The van der Waals surface area contributed by atoms with Gasteiger partial charge in [0.25, 0.3) is 0 Å². The molecule has 0 radical (unpaired) electrons. The summed E-state index contributed by atoms with van der Waals surface area (Å²) in [6.07, 6.45) is 3.62. The number of carbonyl (C=O) groups is 1. The van der Waals surface area contributed by atoms with Crippen molar-refractivity contribution in [2.24, 2.45) is 0 Å². The average molecular weight is 336 g/mol. The normalized spacial score (nSPS) is 19.8. The van der Waals surface area contributed by atoms with E-state index < -0.39 is 16.3 Å². The SMILES string of the molecule is O=CC1CN(c2ccc(CCc3ccn[nH]3)cc2O)S(=O)(=O)N1. The predicted molar refractivity (Wildman–Crippen MR) is 83.4 cm³/mol. The van der Waals surface area contributed by atoms with Crippen LogP contribution in [-0.2, 0) is 27.8 Å². The van der Waals surface area contributed by atoms with E-state index in [1.54, 1.807) is 18.3 Å². The summed E-state index contributed by atoms with van der Waals surface area (Å²) in [5.41, 5.74) is 2.01. The van der Waals surface area contributed by atoms with Gasteiger partial charge in [-0.05, 0) is 36.6 Å². The van der Waals surface area contributed by atoms with Gasteiger partial charge in [0.1, 0.15) is 12.0 Å². The molecule has 1 unspecified atom stereocenters. The van der Waals surface area contributed by atoms with Crippen LogP contribution < -0.4 is 9.03 Å². The topological polar surface area (TPSA) is 115 Å². The summed E-state index contributed by atoms with van der Waals surface area (Å²) in [7, 11) is -3.81. The first-order valence-corrected chi connectivity index (χ1v) is 8.49. The van der Waals surface area contributed by atoms with Gasteiger partial charge >= 0.3 is 10.2 Å². The zero-order chi connectivity index (χ0) is 16.4. The number of hydrogen-bond donors (Lipinski definition) is 3. The highest BCUT2D eigenvalue weighted by atomic mass is 32.2. The molecule has 3 N–H and O–H groups in total. The monoisotopic (exact) mass is 336 g/mol. The molecule has 1 saturated heterocycles. The number of aromatic nitrogens is 2. The Morgan fingerprint density at radius 3 is 2.78 bits per heavy atom. The molecule has 23 heavy (non-hydrogen) atoms. The molecule has 1 aliphatic heterocycles. The van der Waals surface area contributed by atoms with Gasteiger partial charge in [0.2, 0.25) is 0 Å². The van der Waals surface area contributed by atoms with Crippen molar-refractivity contribution < 1.29 is 18.3 Å². The molecule has 3 rings (SSSR count). The van der Waals surface area contributed by atoms with Crippen molar-refractivity contribution in [3.05, 3.63) is 41.7 Å². The van der Waals surface area contributed by atoms with Crippen molar-refractivity contribution >= 4 is 22.2 Å². The molecular formula is C14H16N4O4S. The second-order valence-electron chi connectivity index (χ2n) is 5.30. The molecule has 1 fully saturated rings. The molecule has 1 atom stereocenters. The smallest absolute Gasteiger partial charge is 0.302 e. The standard InChI is InChI=1S/C14H16N4O4S/c19-9-12-8-18(23(21,22)17-12)13-4-2-10(7-14(13)20)1-3-11-5-6-15-16-11/h2,4-7,9,12,17,20H,1,3,8H2,(H,15,16). The summed E-state index contributed by atoms with van der Waals surface area (Å²) in [4.78, 5) is 10.8. The van der Waals surface area contributed by atoms with Crippen LogP contribution in [0.25, 0.3) is 0 Å². The largest absolute Gasteiger partial charge is 0.506 e. The Hall–Kier alpha value is -2.39. The van der Waals surface area contributed by atoms with Crippen LogP contribution in [0.15, 0.2) is 30.5 Å². The van der Waals surface area contributed by atoms with E-state index in [1.165, 1.54) is 6.07 Å². The minimum Gasteiger partial charge on any atom is -0.506 e. The van der Waals surface area contributed by atoms with Crippen molar-refractivity contribution in [1.82, 2.24) is 14.9 Å². The maximum atomic E-state index is 12.0. The third kappa shape index (κ3) is 3.20. The summed E-state index contributed by atoms with van der Waals surface area (Å²) in [5, 5.41) is 16.9. The van der Waals surface area contributed by atoms with Crippen LogP contribution in [0.1, 0.15) is 11.3 Å². The highest BCUT2D eigenvalue weighted by Gasteiger charge is 2.36. The van der Waals surface area contributed by atoms with E-state index in [1.807, 2.05) is 6.07 Å². The Kier molecular flexibility index (Phi) is 4.05. The lowest BCUT2D eigenvalue weighted by molar-refractivity contribution is -0.108. The fourth-order valence-corrected chi connectivity index (χ4v) is 3.92. The minimum atomic E-state index is -3.81. The molecule has 1 aliphatic rings. The summed E-state index contributed by atoms with van der Waals surface area (Å²) < 4.78 is 27.2. The van der Waals surface area contributed by atoms with E-state index in [0.717, 1.165) is 22.0 Å². The number of phenols is 1. The van der Waals surface area contributed by atoms with Gasteiger partial charge in [-0.3, -0.25) is 9.40 Å². The number of aryl methyl sites for hydroxylation is 2. The molecular weight excluding hydrogens is 320 g/mol. The number of aldehydes is 1. The molecule has 0 aliphatic carbocycles. The van der Waals surface area contributed by atoms with Crippen molar-refractivity contribution in [1.29, 1.82) is 0 Å². The van der Waals surface area contributed by atoms with Crippen molar-refractivity contribution in [3.63, 3.8) is 0 Å². The predicted octanol–water partition coefficient (Wildman–Crippen LogP) is 0.122. The number of anilines is 1. The van der Waals surface area contributed by atoms with Crippen molar-refractivity contribution in [2.75, 3.05) is 10.8 Å². The van der Waals surface area contributed by atoms with Gasteiger partial charge in [0, 0.05) is 11.9 Å². The zero-order valence-corrected chi connectivity index (χ0v) is 13.0. The fraction of sp³-hybridized carbons (Fsp3) is 0.286. The lowest BCUT2D eigenvalue weighted by Gasteiger charge is -2.17. The molecule has 0 saturated carbocycles. The Bertz CT molecular complexity index is 804. The quantitative estimate of drug-likeness (QED) is 0.671. The number of nitrogens with zero attached hydrogens (tertiary/aromatic N) is 2. The number of aromatic amines is 1. The van der Waals surface area contributed by atoms with E-state index in [0.29, 0.717) is 12.7 Å². The number of phenolic OH excluding ortho intramolecular Hbond substituents is 1. The fourth-order valence-electron chi connectivity index (χ4n) is 2.51. The van der Waals surface area contributed by atoms with Crippen LogP contribution >= 0.6 is 0 Å². The molecule has 8 nitrogen and oxygen atoms in total. The first-order valence-electron chi connectivity index (χ1n) is 7.05. The summed E-state index contributed by atoms with van der Waals surface area (Å²) in [6, 6.07) is 5.91. The third-order valence-electron chi connectivity index (χ3n) is 3.67. The van der Waals surface area contributed by atoms with E-state index >= 15 is 0 Å². The Labute approximate surface area is 133 Å². The van der Waals surface area contributed by atoms with Gasteiger partial charge in [0.05, 0.1) is 18.3 Å². The number of carbonyl (C=O) groups excluding carboxylic acids is 1. The second-order valence-corrected chi connectivity index (χ2v) is 6.93. The molecule has 1 aromatic heterocycles. The van der Waals surface area contributed by atoms with Gasteiger partial charge in [0.15, 0.2) is 0 Å². The van der Waals surface area contributed by atoms with Crippen molar-refractivity contribution in [2.45, 2.75) is 18.9 Å². The van der Waals surface area contributed by atoms with Gasteiger partial charge in [-0.2, -0.15) is 18.2 Å². The Balaban J connectivity index is 1.78. The van der Waals surface area contributed by atoms with E-state index in [9.17, 15) is 18.3 Å². The highest BCUT2D eigenvalue weighted by molar-refractivity contribution is 7.91. The van der Waals surface area contributed by atoms with Gasteiger partial charge in [-0.1, -0.05) is 6.07 Å². The van der Waals surface area contributed by atoms with E-state index in [4.69, 9.17) is 0 Å². The summed E-state index contributed by atoms with van der Waals surface area (Å²) in [5.74, 6) is -0.135. The number of nitrogens with one attached hydrogen (secondary N) is 2. The molecule has 0 bridgehead atoms. The van der Waals surface area contributed by atoms with Crippen LogP contribution in [0, 0.1) is 0 Å². The highest BCUT2D eigenvalue weighted by Crippen LogP contribution is 2.32. The zero-order valence-electron chi connectivity index (χ0n) is 12.1. The molecule has 2 heterocycles. The first-order chi connectivity index (χ1) is 11.0. The summed E-state index contributed by atoms with van der Waals surface area (Å²) in [6.45, 7) is -0.0348. The Morgan fingerprint density at radius 2 is 2.17 bits per heavy atom. The molecule has 122 valence electrons. The van der Waals surface area contributed by atoms with Crippen LogP contribution in [0.3, 0.4) is 0 Å².